The van der Waals surface area contributed by atoms with Crippen LogP contribution >= 0.6 is 12.6 Å². The first-order valence-electron chi connectivity index (χ1n) is 10.4. The van der Waals surface area contributed by atoms with Crippen molar-refractivity contribution in [2.24, 2.45) is 0 Å². The molecule has 1 amide bonds. The van der Waals surface area contributed by atoms with Crippen LogP contribution in [0.5, 0.6) is 0 Å². The Bertz CT molecular complexity index is 385. The first-order chi connectivity index (χ1) is 12.6. The van der Waals surface area contributed by atoms with Crippen LogP contribution in [0.3, 0.4) is 0 Å². The zero-order valence-corrected chi connectivity index (χ0v) is 17.4. The van der Waals surface area contributed by atoms with E-state index >= 15 is 0 Å². The Labute approximate surface area is 165 Å². The molecule has 4 nitrogen and oxygen atoms in total. The van der Waals surface area contributed by atoms with E-state index in [1.165, 1.54) is 57.8 Å². The van der Waals surface area contributed by atoms with Crippen LogP contribution in [-0.2, 0) is 9.59 Å². The second-order valence-electron chi connectivity index (χ2n) is 6.98. The lowest BCUT2D eigenvalue weighted by Gasteiger charge is -2.11. The molecule has 5 heteroatoms. The summed E-state index contributed by atoms with van der Waals surface area (Å²) in [5.41, 5.74) is 0. The zero-order valence-electron chi connectivity index (χ0n) is 16.5. The van der Waals surface area contributed by atoms with Crippen molar-refractivity contribution in [2.75, 3.05) is 5.75 Å². The predicted molar refractivity (Wildman–Crippen MR) is 113 cm³/mol. The smallest absolute Gasteiger partial charge is 0.327 e. The van der Waals surface area contributed by atoms with Gasteiger partial charge in [-0.1, -0.05) is 70.4 Å². The highest BCUT2D eigenvalue weighted by atomic mass is 32.1. The summed E-state index contributed by atoms with van der Waals surface area (Å²) in [4.78, 5) is 22.4. The number of aliphatic carboxylic acids is 1. The fourth-order valence-electron chi connectivity index (χ4n) is 2.81. The molecule has 0 aromatic rings. The maximum atomic E-state index is 11.6. The van der Waals surface area contributed by atoms with Crippen LogP contribution in [0, 0.1) is 0 Å². The molecule has 0 fully saturated rings. The predicted octanol–water partition coefficient (Wildman–Crippen LogP) is 5.52. The molecule has 0 bridgehead atoms. The summed E-state index contributed by atoms with van der Waals surface area (Å²) >= 11 is 3.93. The number of carbonyl (C=O) groups excluding carboxylic acids is 1. The SMILES string of the molecule is CCCCCCCC/C=C\CCCCCCCC(=O)N[C@@H](CS)C(=O)O. The number of hydrogen-bond acceptors (Lipinski definition) is 3. The Morgan fingerprint density at radius 3 is 1.88 bits per heavy atom. The third-order valence-electron chi connectivity index (χ3n) is 4.48. The highest BCUT2D eigenvalue weighted by Crippen LogP contribution is 2.10. The third-order valence-corrected chi connectivity index (χ3v) is 4.85. The zero-order chi connectivity index (χ0) is 19.5. The van der Waals surface area contributed by atoms with Crippen LogP contribution in [0.15, 0.2) is 12.2 Å². The van der Waals surface area contributed by atoms with Crippen molar-refractivity contribution in [1.82, 2.24) is 5.32 Å². The van der Waals surface area contributed by atoms with E-state index < -0.39 is 12.0 Å². The minimum absolute atomic E-state index is 0.119. The number of carbonyl (C=O) groups is 2. The molecule has 0 aromatic carbocycles. The number of rotatable bonds is 18. The van der Waals surface area contributed by atoms with Gasteiger partial charge in [-0.25, -0.2) is 4.79 Å². The van der Waals surface area contributed by atoms with E-state index in [0.717, 1.165) is 25.7 Å². The highest BCUT2D eigenvalue weighted by molar-refractivity contribution is 7.80. The van der Waals surface area contributed by atoms with E-state index in [1.54, 1.807) is 0 Å². The van der Waals surface area contributed by atoms with E-state index in [9.17, 15) is 9.59 Å². The van der Waals surface area contributed by atoms with Gasteiger partial charge in [0, 0.05) is 12.2 Å². The highest BCUT2D eigenvalue weighted by Gasteiger charge is 2.17. The number of carboxylic acids is 1. The number of hydrogen-bond donors (Lipinski definition) is 3. The molecule has 0 rings (SSSR count). The van der Waals surface area contributed by atoms with Crippen LogP contribution in [0.1, 0.15) is 96.8 Å². The number of thiol groups is 1. The van der Waals surface area contributed by atoms with Gasteiger partial charge in [0.15, 0.2) is 0 Å². The molecule has 0 aliphatic carbocycles. The van der Waals surface area contributed by atoms with Crippen LogP contribution in [0.2, 0.25) is 0 Å². The van der Waals surface area contributed by atoms with Gasteiger partial charge in [-0.2, -0.15) is 12.6 Å². The number of carboxylic acid groups (broad SMARTS) is 1. The van der Waals surface area contributed by atoms with E-state index in [4.69, 9.17) is 5.11 Å². The van der Waals surface area contributed by atoms with Gasteiger partial charge in [0.25, 0.3) is 0 Å². The molecule has 0 spiro atoms. The fraction of sp³-hybridized carbons (Fsp3) is 0.810. The number of allylic oxidation sites excluding steroid dienone is 2. The lowest BCUT2D eigenvalue weighted by atomic mass is 10.1. The minimum atomic E-state index is -1.03. The van der Waals surface area contributed by atoms with Crippen LogP contribution in [-0.4, -0.2) is 28.8 Å². The van der Waals surface area contributed by atoms with Gasteiger partial charge in [-0.05, 0) is 32.1 Å². The number of unbranched alkanes of at least 4 members (excludes halogenated alkanes) is 11. The Morgan fingerprint density at radius 1 is 0.885 bits per heavy atom. The van der Waals surface area contributed by atoms with Crippen molar-refractivity contribution in [3.8, 4) is 0 Å². The van der Waals surface area contributed by atoms with E-state index in [-0.39, 0.29) is 11.7 Å². The molecule has 26 heavy (non-hydrogen) atoms. The molecule has 0 heterocycles. The molecular weight excluding hydrogens is 346 g/mol. The lowest BCUT2D eigenvalue weighted by Crippen LogP contribution is -2.42. The second-order valence-corrected chi connectivity index (χ2v) is 7.34. The van der Waals surface area contributed by atoms with Gasteiger partial charge >= 0.3 is 5.97 Å². The summed E-state index contributed by atoms with van der Waals surface area (Å²) < 4.78 is 0. The van der Waals surface area contributed by atoms with Gasteiger partial charge in [0.2, 0.25) is 5.91 Å². The summed E-state index contributed by atoms with van der Waals surface area (Å²) in [6.45, 7) is 2.25. The topological polar surface area (TPSA) is 66.4 Å². The van der Waals surface area contributed by atoms with Gasteiger partial charge in [0.1, 0.15) is 6.04 Å². The summed E-state index contributed by atoms with van der Waals surface area (Å²) in [6.07, 6.45) is 20.9. The minimum Gasteiger partial charge on any atom is -0.480 e. The largest absolute Gasteiger partial charge is 0.480 e. The maximum absolute atomic E-state index is 11.6. The standard InChI is InChI=1S/C21H39NO3S/c1-2-3-4-5-6-7-8-9-10-11-12-13-14-15-16-17-20(23)22-19(18-26)21(24)25/h9-10,19,26H,2-8,11-18H2,1H3,(H,22,23)(H,24,25)/b10-9-/t19-/m0/s1. The molecule has 0 unspecified atom stereocenters. The summed E-state index contributed by atoms with van der Waals surface area (Å²) in [7, 11) is 0. The second kappa shape index (κ2) is 18.8. The molecule has 2 N–H and O–H groups in total. The van der Waals surface area contributed by atoms with Gasteiger partial charge in [-0.15, -0.1) is 0 Å². The fourth-order valence-corrected chi connectivity index (χ4v) is 3.06. The van der Waals surface area contributed by atoms with Crippen molar-refractivity contribution < 1.29 is 14.7 Å². The van der Waals surface area contributed by atoms with E-state index in [2.05, 4.69) is 37.0 Å². The summed E-state index contributed by atoms with van der Waals surface area (Å²) in [5.74, 6) is -1.10. The first-order valence-corrected chi connectivity index (χ1v) is 11.0. The van der Waals surface area contributed by atoms with Crippen molar-refractivity contribution in [2.45, 2.75) is 103 Å². The normalized spacial score (nSPS) is 12.4. The van der Waals surface area contributed by atoms with Crippen molar-refractivity contribution in [3.05, 3.63) is 12.2 Å². The first kappa shape index (κ1) is 25.0. The third kappa shape index (κ3) is 16.5. The molecule has 1 atom stereocenters. The molecule has 0 saturated carbocycles. The number of nitrogens with one attached hydrogen (secondary N) is 1. The van der Waals surface area contributed by atoms with Crippen LogP contribution in [0.25, 0.3) is 0 Å². The van der Waals surface area contributed by atoms with E-state index in [0.29, 0.717) is 6.42 Å². The quantitative estimate of drug-likeness (QED) is 0.165. The van der Waals surface area contributed by atoms with Crippen molar-refractivity contribution in [1.29, 1.82) is 0 Å². The summed E-state index contributed by atoms with van der Waals surface area (Å²) in [6, 6.07) is -0.881. The van der Waals surface area contributed by atoms with Crippen molar-refractivity contribution in [3.63, 3.8) is 0 Å². The van der Waals surface area contributed by atoms with Gasteiger partial charge in [-0.3, -0.25) is 4.79 Å². The molecule has 0 aliphatic heterocycles. The molecule has 152 valence electrons. The average molecular weight is 386 g/mol. The van der Waals surface area contributed by atoms with E-state index in [1.807, 2.05) is 0 Å². The molecule has 0 radical (unpaired) electrons. The average Bonchev–Trinajstić information content (AvgIpc) is 2.62. The Morgan fingerprint density at radius 2 is 1.38 bits per heavy atom. The van der Waals surface area contributed by atoms with Gasteiger partial charge < -0.3 is 10.4 Å². The maximum Gasteiger partial charge on any atom is 0.327 e. The van der Waals surface area contributed by atoms with Crippen LogP contribution in [0.4, 0.5) is 0 Å². The molecule has 0 saturated heterocycles. The van der Waals surface area contributed by atoms with Crippen molar-refractivity contribution >= 4 is 24.5 Å². The molecule has 0 aliphatic rings. The Hall–Kier alpha value is -0.970. The van der Waals surface area contributed by atoms with Gasteiger partial charge in [0.05, 0.1) is 0 Å². The molecular formula is C21H39NO3S. The van der Waals surface area contributed by atoms with Crippen LogP contribution < -0.4 is 5.32 Å². The lowest BCUT2D eigenvalue weighted by molar-refractivity contribution is -0.141. The number of amides is 1. The summed E-state index contributed by atoms with van der Waals surface area (Å²) in [5, 5.41) is 11.3. The molecule has 0 aromatic heterocycles. The monoisotopic (exact) mass is 385 g/mol. The Kier molecular flexibility index (Phi) is 18.1. The Balaban J connectivity index is 3.36.